The zero-order valence-corrected chi connectivity index (χ0v) is 18.3. The number of carbonyl (C=O) groups is 1. The van der Waals surface area contributed by atoms with E-state index in [1.54, 1.807) is 16.8 Å². The maximum Gasteiger partial charge on any atom is 0.224 e. The van der Waals surface area contributed by atoms with Gasteiger partial charge in [0.25, 0.3) is 0 Å². The van der Waals surface area contributed by atoms with Gasteiger partial charge in [0.15, 0.2) is 5.65 Å². The van der Waals surface area contributed by atoms with Crippen molar-refractivity contribution < 1.29 is 14.3 Å². The molecule has 1 N–H and O–H groups in total. The average molecular weight is 417 g/mol. The highest BCUT2D eigenvalue weighted by molar-refractivity contribution is 6.32. The summed E-state index contributed by atoms with van der Waals surface area (Å²) in [6.07, 6.45) is 0.883. The first-order valence-corrected chi connectivity index (χ1v) is 9.65. The molecular weight excluding hydrogens is 392 g/mol. The van der Waals surface area contributed by atoms with Gasteiger partial charge in [-0.15, -0.1) is 0 Å². The number of anilines is 1. The molecule has 2 heterocycles. The van der Waals surface area contributed by atoms with Gasteiger partial charge in [0.1, 0.15) is 11.5 Å². The van der Waals surface area contributed by atoms with Gasteiger partial charge in [0.2, 0.25) is 5.91 Å². The van der Waals surface area contributed by atoms with Crippen LogP contribution >= 0.6 is 11.6 Å². The highest BCUT2D eigenvalue weighted by atomic mass is 35.5. The van der Waals surface area contributed by atoms with Crippen LogP contribution in [0.3, 0.4) is 0 Å². The van der Waals surface area contributed by atoms with Crippen molar-refractivity contribution >= 4 is 34.2 Å². The molecule has 0 radical (unpaired) electrons. The third-order valence-electron chi connectivity index (χ3n) is 5.08. The Morgan fingerprint density at radius 3 is 2.48 bits per heavy atom. The van der Waals surface area contributed by atoms with Gasteiger partial charge in [-0.25, -0.2) is 4.98 Å². The molecule has 29 heavy (non-hydrogen) atoms. The number of methoxy groups -OCH3 is 2. The molecule has 0 aliphatic heterocycles. The largest absolute Gasteiger partial charge is 0.495 e. The van der Waals surface area contributed by atoms with Crippen molar-refractivity contribution in [3.8, 4) is 11.5 Å². The molecule has 0 bridgehead atoms. The molecule has 7 nitrogen and oxygen atoms in total. The van der Waals surface area contributed by atoms with Gasteiger partial charge >= 0.3 is 0 Å². The summed E-state index contributed by atoms with van der Waals surface area (Å²) in [7, 11) is 4.95. The molecule has 3 rings (SSSR count). The van der Waals surface area contributed by atoms with Gasteiger partial charge in [-0.3, -0.25) is 9.48 Å². The van der Waals surface area contributed by atoms with E-state index in [0.717, 1.165) is 33.5 Å². The second kappa shape index (κ2) is 8.29. The summed E-state index contributed by atoms with van der Waals surface area (Å²) in [4.78, 5) is 17.3. The summed E-state index contributed by atoms with van der Waals surface area (Å²) in [5.74, 6) is 0.839. The SMILES string of the molecule is COc1cc(OC)c(NC(=O)CCc2c(C)nc3c(c(C)nn3C)c2C)cc1Cl. The minimum atomic E-state index is -0.133. The standard InChI is InChI=1S/C21H25ClN4O3/c1-11-14(12(2)23-21-20(11)13(3)25-26(21)4)7-8-19(27)24-16-9-15(22)17(28-5)10-18(16)29-6/h9-10H,7-8H2,1-6H3,(H,24,27). The van der Waals surface area contributed by atoms with Crippen molar-refractivity contribution in [2.24, 2.45) is 7.05 Å². The molecule has 0 unspecified atom stereocenters. The number of hydrogen-bond donors (Lipinski definition) is 1. The van der Waals surface area contributed by atoms with E-state index in [-0.39, 0.29) is 5.91 Å². The summed E-state index contributed by atoms with van der Waals surface area (Å²) in [6, 6.07) is 3.27. The Kier molecular flexibility index (Phi) is 5.98. The van der Waals surface area contributed by atoms with E-state index in [0.29, 0.717) is 35.1 Å². The van der Waals surface area contributed by atoms with E-state index >= 15 is 0 Å². The Morgan fingerprint density at radius 2 is 1.83 bits per heavy atom. The van der Waals surface area contributed by atoms with Crippen molar-refractivity contribution in [1.82, 2.24) is 14.8 Å². The van der Waals surface area contributed by atoms with E-state index in [1.807, 2.05) is 20.9 Å². The molecule has 1 amide bonds. The van der Waals surface area contributed by atoms with Crippen LogP contribution in [0.25, 0.3) is 11.0 Å². The van der Waals surface area contributed by atoms with Crippen LogP contribution in [0.15, 0.2) is 12.1 Å². The smallest absolute Gasteiger partial charge is 0.224 e. The summed E-state index contributed by atoms with van der Waals surface area (Å²) >= 11 is 6.18. The number of hydrogen-bond acceptors (Lipinski definition) is 5. The number of halogens is 1. The van der Waals surface area contributed by atoms with Crippen molar-refractivity contribution in [2.45, 2.75) is 33.6 Å². The second-order valence-corrected chi connectivity index (χ2v) is 7.35. The summed E-state index contributed by atoms with van der Waals surface area (Å²) in [5, 5.41) is 8.79. The van der Waals surface area contributed by atoms with Crippen LogP contribution in [0, 0.1) is 20.8 Å². The monoisotopic (exact) mass is 416 g/mol. The number of pyridine rings is 1. The highest BCUT2D eigenvalue weighted by Gasteiger charge is 2.17. The number of carbonyl (C=O) groups excluding carboxylic acids is 1. The topological polar surface area (TPSA) is 78.3 Å². The molecule has 0 saturated heterocycles. The normalized spacial score (nSPS) is 11.0. The first-order valence-electron chi connectivity index (χ1n) is 9.27. The first-order chi connectivity index (χ1) is 13.8. The van der Waals surface area contributed by atoms with Gasteiger partial charge in [-0.1, -0.05) is 11.6 Å². The fourth-order valence-corrected chi connectivity index (χ4v) is 3.88. The van der Waals surface area contributed by atoms with Gasteiger partial charge in [0.05, 0.1) is 30.6 Å². The molecule has 2 aromatic heterocycles. The molecule has 1 aromatic carbocycles. The van der Waals surface area contributed by atoms with Crippen LogP contribution < -0.4 is 14.8 Å². The number of benzene rings is 1. The van der Waals surface area contributed by atoms with Crippen LogP contribution in [-0.4, -0.2) is 34.9 Å². The Morgan fingerprint density at radius 1 is 1.14 bits per heavy atom. The summed E-state index contributed by atoms with van der Waals surface area (Å²) in [6.45, 7) is 6.00. The van der Waals surface area contributed by atoms with Crippen LogP contribution in [0.5, 0.6) is 11.5 Å². The molecule has 8 heteroatoms. The summed E-state index contributed by atoms with van der Waals surface area (Å²) in [5.41, 5.74) is 5.42. The second-order valence-electron chi connectivity index (χ2n) is 6.94. The molecule has 0 atom stereocenters. The lowest BCUT2D eigenvalue weighted by Crippen LogP contribution is -2.14. The lowest BCUT2D eigenvalue weighted by Gasteiger charge is -2.14. The van der Waals surface area contributed by atoms with Crippen molar-refractivity contribution in [3.63, 3.8) is 0 Å². The van der Waals surface area contributed by atoms with E-state index in [1.165, 1.54) is 14.2 Å². The number of nitrogens with one attached hydrogen (secondary N) is 1. The Labute approximate surface area is 175 Å². The predicted octanol–water partition coefficient (Wildman–Crippen LogP) is 4.14. The summed E-state index contributed by atoms with van der Waals surface area (Å²) < 4.78 is 12.3. The number of nitrogens with zero attached hydrogens (tertiary/aromatic N) is 3. The number of aryl methyl sites for hydroxylation is 4. The van der Waals surface area contributed by atoms with Gasteiger partial charge in [-0.05, 0) is 44.4 Å². The Bertz CT molecular complexity index is 1090. The lowest BCUT2D eigenvalue weighted by molar-refractivity contribution is -0.116. The van der Waals surface area contributed by atoms with Gasteiger partial charge in [-0.2, -0.15) is 5.10 Å². The van der Waals surface area contributed by atoms with E-state index in [2.05, 4.69) is 17.3 Å². The fourth-order valence-electron chi connectivity index (χ4n) is 3.64. The van der Waals surface area contributed by atoms with Crippen LogP contribution in [-0.2, 0) is 18.3 Å². The maximum absolute atomic E-state index is 12.6. The Balaban J connectivity index is 1.80. The lowest BCUT2D eigenvalue weighted by atomic mass is 9.99. The number of rotatable bonds is 6. The highest BCUT2D eigenvalue weighted by Crippen LogP contribution is 2.36. The minimum absolute atomic E-state index is 0.133. The van der Waals surface area contributed by atoms with Gasteiger partial charge < -0.3 is 14.8 Å². The van der Waals surface area contributed by atoms with Crippen LogP contribution in [0.1, 0.15) is 28.9 Å². The quantitative estimate of drug-likeness (QED) is 0.653. The maximum atomic E-state index is 12.6. The third kappa shape index (κ3) is 4.00. The van der Waals surface area contributed by atoms with E-state index < -0.39 is 0 Å². The zero-order valence-electron chi connectivity index (χ0n) is 17.5. The number of ether oxygens (including phenoxy) is 2. The van der Waals surface area contributed by atoms with Crippen molar-refractivity contribution in [2.75, 3.05) is 19.5 Å². The van der Waals surface area contributed by atoms with Crippen molar-refractivity contribution in [3.05, 3.63) is 39.7 Å². The zero-order chi connectivity index (χ0) is 21.3. The van der Waals surface area contributed by atoms with Crippen LogP contribution in [0.4, 0.5) is 5.69 Å². The molecule has 0 fully saturated rings. The average Bonchev–Trinajstić information content (AvgIpc) is 2.95. The number of amides is 1. The molecule has 0 aliphatic carbocycles. The van der Waals surface area contributed by atoms with Gasteiger partial charge in [0, 0.05) is 30.6 Å². The van der Waals surface area contributed by atoms with Crippen molar-refractivity contribution in [1.29, 1.82) is 0 Å². The Hall–Kier alpha value is -2.80. The fraction of sp³-hybridized carbons (Fsp3) is 0.381. The van der Waals surface area contributed by atoms with Crippen LogP contribution in [0.2, 0.25) is 5.02 Å². The molecule has 3 aromatic rings. The minimum Gasteiger partial charge on any atom is -0.495 e. The molecule has 0 saturated carbocycles. The van der Waals surface area contributed by atoms with E-state index in [9.17, 15) is 4.79 Å². The molecular formula is C21H25ClN4O3. The first kappa shape index (κ1) is 20.9. The third-order valence-corrected chi connectivity index (χ3v) is 5.38. The number of fused-ring (bicyclic) bond motifs is 1. The van der Waals surface area contributed by atoms with E-state index in [4.69, 9.17) is 26.1 Å². The number of aromatic nitrogens is 3. The molecule has 0 spiro atoms. The molecule has 0 aliphatic rings. The molecule has 154 valence electrons. The predicted molar refractivity (Wildman–Crippen MR) is 114 cm³/mol.